The van der Waals surface area contributed by atoms with Crippen LogP contribution in [0.2, 0.25) is 0 Å². The molecule has 2 rings (SSSR count). The summed E-state index contributed by atoms with van der Waals surface area (Å²) >= 11 is 0. The molecule has 1 N–H and O–H groups in total. The molecule has 0 bridgehead atoms. The molecular formula is C16H12F3NO3. The minimum Gasteiger partial charge on any atom is -0.496 e. The first-order chi connectivity index (χ1) is 10.8. The Morgan fingerprint density at radius 1 is 1.13 bits per heavy atom. The zero-order valence-electron chi connectivity index (χ0n) is 12.0. The topological polar surface area (TPSA) is 55.4 Å². The van der Waals surface area contributed by atoms with E-state index in [1.807, 2.05) is 0 Å². The number of alkyl halides is 3. The number of hydrogen-bond acceptors (Lipinski definition) is 3. The van der Waals surface area contributed by atoms with E-state index < -0.39 is 17.6 Å². The Morgan fingerprint density at radius 3 is 2.30 bits per heavy atom. The van der Waals surface area contributed by atoms with Crippen molar-refractivity contribution in [3.63, 3.8) is 0 Å². The molecule has 0 spiro atoms. The van der Waals surface area contributed by atoms with Crippen molar-refractivity contribution in [3.8, 4) is 5.75 Å². The fourth-order valence-electron chi connectivity index (χ4n) is 1.91. The van der Waals surface area contributed by atoms with Gasteiger partial charge in [0, 0.05) is 11.3 Å². The predicted molar refractivity (Wildman–Crippen MR) is 77.8 cm³/mol. The number of rotatable bonds is 4. The molecule has 0 atom stereocenters. The number of anilines is 1. The van der Waals surface area contributed by atoms with E-state index in [2.05, 4.69) is 5.32 Å². The molecule has 0 aliphatic carbocycles. The van der Waals surface area contributed by atoms with E-state index in [0.29, 0.717) is 11.8 Å². The second kappa shape index (κ2) is 6.51. The number of benzene rings is 2. The van der Waals surface area contributed by atoms with Crippen molar-refractivity contribution in [1.82, 2.24) is 0 Å². The quantitative estimate of drug-likeness (QED) is 0.871. The second-order valence-corrected chi connectivity index (χ2v) is 4.61. The van der Waals surface area contributed by atoms with Crippen molar-refractivity contribution in [2.75, 3.05) is 12.4 Å². The molecule has 0 aliphatic rings. The summed E-state index contributed by atoms with van der Waals surface area (Å²) in [5, 5.41) is 2.47. The Bertz CT molecular complexity index is 724. The monoisotopic (exact) mass is 323 g/mol. The molecule has 23 heavy (non-hydrogen) atoms. The Balaban J connectivity index is 2.20. The van der Waals surface area contributed by atoms with Crippen molar-refractivity contribution in [1.29, 1.82) is 0 Å². The largest absolute Gasteiger partial charge is 0.496 e. The number of hydrogen-bond donors (Lipinski definition) is 1. The van der Waals surface area contributed by atoms with E-state index in [9.17, 15) is 22.8 Å². The number of methoxy groups -OCH3 is 1. The van der Waals surface area contributed by atoms with Crippen molar-refractivity contribution in [3.05, 3.63) is 59.2 Å². The van der Waals surface area contributed by atoms with Crippen LogP contribution in [0.15, 0.2) is 42.5 Å². The van der Waals surface area contributed by atoms with E-state index in [1.165, 1.54) is 25.3 Å². The van der Waals surface area contributed by atoms with Gasteiger partial charge in [0.15, 0.2) is 0 Å². The Morgan fingerprint density at radius 2 is 1.78 bits per heavy atom. The molecule has 0 heterocycles. The molecule has 1 amide bonds. The van der Waals surface area contributed by atoms with E-state index in [1.54, 1.807) is 0 Å². The SMILES string of the molecule is COc1cc(C=O)ccc1C(=O)Nc1ccc(C(F)(F)F)cc1. The zero-order chi connectivity index (χ0) is 17.0. The van der Waals surface area contributed by atoms with E-state index in [4.69, 9.17) is 4.74 Å². The fourth-order valence-corrected chi connectivity index (χ4v) is 1.91. The van der Waals surface area contributed by atoms with Crippen LogP contribution in [-0.2, 0) is 6.18 Å². The van der Waals surface area contributed by atoms with Gasteiger partial charge in [0.25, 0.3) is 5.91 Å². The normalized spacial score (nSPS) is 11.0. The van der Waals surface area contributed by atoms with Crippen LogP contribution in [0.1, 0.15) is 26.3 Å². The molecule has 0 saturated carbocycles. The Hall–Kier alpha value is -2.83. The average molecular weight is 323 g/mol. The molecule has 0 radical (unpaired) electrons. The molecule has 0 aromatic heterocycles. The molecule has 7 heteroatoms. The summed E-state index contributed by atoms with van der Waals surface area (Å²) in [5.74, 6) is -0.363. The van der Waals surface area contributed by atoms with Crippen molar-refractivity contribution >= 4 is 17.9 Å². The molecule has 2 aromatic carbocycles. The number of nitrogens with one attached hydrogen (secondary N) is 1. The minimum atomic E-state index is -4.43. The first-order valence-electron chi connectivity index (χ1n) is 6.47. The molecule has 0 aliphatic heterocycles. The van der Waals surface area contributed by atoms with Gasteiger partial charge in [0.05, 0.1) is 18.2 Å². The second-order valence-electron chi connectivity index (χ2n) is 4.61. The maximum Gasteiger partial charge on any atom is 0.416 e. The van der Waals surface area contributed by atoms with Gasteiger partial charge in [0.1, 0.15) is 12.0 Å². The fraction of sp³-hybridized carbons (Fsp3) is 0.125. The molecule has 2 aromatic rings. The Kier molecular flexibility index (Phi) is 4.68. The molecule has 0 saturated heterocycles. The first-order valence-corrected chi connectivity index (χ1v) is 6.47. The van der Waals surface area contributed by atoms with E-state index in [-0.39, 0.29) is 17.0 Å². The van der Waals surface area contributed by atoms with Crippen LogP contribution in [0.25, 0.3) is 0 Å². The number of halogens is 3. The zero-order valence-corrected chi connectivity index (χ0v) is 12.0. The van der Waals surface area contributed by atoms with Crippen molar-refractivity contribution in [2.45, 2.75) is 6.18 Å². The van der Waals surface area contributed by atoms with Crippen LogP contribution in [0, 0.1) is 0 Å². The standard InChI is InChI=1S/C16H12F3NO3/c1-23-14-8-10(9-21)2-7-13(14)15(22)20-12-5-3-11(4-6-12)16(17,18)19/h2-9H,1H3,(H,20,22). The van der Waals surface area contributed by atoms with E-state index >= 15 is 0 Å². The Labute approximate surface area is 129 Å². The van der Waals surface area contributed by atoms with Gasteiger partial charge in [-0.1, -0.05) is 6.07 Å². The lowest BCUT2D eigenvalue weighted by molar-refractivity contribution is -0.137. The van der Waals surface area contributed by atoms with Crippen LogP contribution in [0.4, 0.5) is 18.9 Å². The lowest BCUT2D eigenvalue weighted by Crippen LogP contribution is -2.13. The lowest BCUT2D eigenvalue weighted by Gasteiger charge is -2.11. The highest BCUT2D eigenvalue weighted by atomic mass is 19.4. The highest BCUT2D eigenvalue weighted by Crippen LogP contribution is 2.30. The summed E-state index contributed by atoms with van der Waals surface area (Å²) in [4.78, 5) is 22.9. The van der Waals surface area contributed by atoms with Crippen molar-refractivity contribution in [2.24, 2.45) is 0 Å². The van der Waals surface area contributed by atoms with Gasteiger partial charge in [-0.15, -0.1) is 0 Å². The maximum atomic E-state index is 12.5. The number of carbonyl (C=O) groups is 2. The summed E-state index contributed by atoms with van der Waals surface area (Å²) in [6, 6.07) is 8.32. The summed E-state index contributed by atoms with van der Waals surface area (Å²) in [5.41, 5.74) is -0.0844. The number of aldehydes is 1. The first kappa shape index (κ1) is 16.5. The highest BCUT2D eigenvalue weighted by molar-refractivity contribution is 6.06. The number of ether oxygens (including phenoxy) is 1. The van der Waals surface area contributed by atoms with Gasteiger partial charge < -0.3 is 10.1 Å². The van der Waals surface area contributed by atoms with Crippen LogP contribution in [0.5, 0.6) is 5.75 Å². The van der Waals surface area contributed by atoms with Crippen molar-refractivity contribution < 1.29 is 27.5 Å². The molecule has 0 unspecified atom stereocenters. The van der Waals surface area contributed by atoms with Gasteiger partial charge in [-0.2, -0.15) is 13.2 Å². The molecular weight excluding hydrogens is 311 g/mol. The smallest absolute Gasteiger partial charge is 0.416 e. The molecule has 0 fully saturated rings. The number of carbonyl (C=O) groups excluding carboxylic acids is 2. The summed E-state index contributed by atoms with van der Waals surface area (Å²) < 4.78 is 42.5. The van der Waals surface area contributed by atoms with Gasteiger partial charge in [-0.25, -0.2) is 0 Å². The maximum absolute atomic E-state index is 12.5. The van der Waals surface area contributed by atoms with E-state index in [0.717, 1.165) is 24.3 Å². The third-order valence-electron chi connectivity index (χ3n) is 3.08. The minimum absolute atomic E-state index is 0.165. The summed E-state index contributed by atoms with van der Waals surface area (Å²) in [6.07, 6.45) is -3.82. The summed E-state index contributed by atoms with van der Waals surface area (Å²) in [6.45, 7) is 0. The van der Waals surface area contributed by atoms with Gasteiger partial charge >= 0.3 is 6.18 Å². The average Bonchev–Trinajstić information content (AvgIpc) is 2.53. The summed E-state index contributed by atoms with van der Waals surface area (Å²) in [7, 11) is 1.35. The van der Waals surface area contributed by atoms with Gasteiger partial charge in [-0.05, 0) is 36.4 Å². The van der Waals surface area contributed by atoms with Crippen LogP contribution >= 0.6 is 0 Å². The predicted octanol–water partition coefficient (Wildman–Crippen LogP) is 3.78. The molecule has 4 nitrogen and oxygen atoms in total. The van der Waals surface area contributed by atoms with Crippen LogP contribution in [-0.4, -0.2) is 19.3 Å². The van der Waals surface area contributed by atoms with Crippen LogP contribution in [0.3, 0.4) is 0 Å². The molecule has 120 valence electrons. The van der Waals surface area contributed by atoms with Crippen LogP contribution < -0.4 is 10.1 Å². The van der Waals surface area contributed by atoms with Gasteiger partial charge in [-0.3, -0.25) is 9.59 Å². The third kappa shape index (κ3) is 3.88. The van der Waals surface area contributed by atoms with Gasteiger partial charge in [0.2, 0.25) is 0 Å². The lowest BCUT2D eigenvalue weighted by atomic mass is 10.1. The number of amides is 1. The third-order valence-corrected chi connectivity index (χ3v) is 3.08. The highest BCUT2D eigenvalue weighted by Gasteiger charge is 2.30.